The van der Waals surface area contributed by atoms with Gasteiger partial charge in [-0.2, -0.15) is 0 Å². The molecule has 0 bridgehead atoms. The molecule has 2 aromatic carbocycles. The second kappa shape index (κ2) is 9.75. The number of hydrogen-bond donors (Lipinski definition) is 0. The lowest BCUT2D eigenvalue weighted by Gasteiger charge is -2.37. The molecule has 2 aromatic rings. The molecule has 2 atom stereocenters. The van der Waals surface area contributed by atoms with Gasteiger partial charge in [-0.25, -0.2) is 0 Å². The number of hydrogen-bond acceptors (Lipinski definition) is 4. The lowest BCUT2D eigenvalue weighted by molar-refractivity contribution is 0.135. The Bertz CT molecular complexity index is 1020. The van der Waals surface area contributed by atoms with E-state index in [4.69, 9.17) is 33.9 Å². The van der Waals surface area contributed by atoms with E-state index in [0.29, 0.717) is 10.3 Å². The highest BCUT2D eigenvalue weighted by Crippen LogP contribution is 2.46. The number of thiocarbonyl (C=S) groups is 2. The second-order valence-corrected chi connectivity index (χ2v) is 9.81. The van der Waals surface area contributed by atoms with Crippen LogP contribution < -0.4 is 4.74 Å². The van der Waals surface area contributed by atoms with Crippen LogP contribution in [0.25, 0.3) is 0 Å². The highest BCUT2D eigenvalue weighted by molar-refractivity contribution is 7.80. The molecular formula is C26H32N2O2S2. The first-order valence-corrected chi connectivity index (χ1v) is 12.2. The minimum Gasteiger partial charge on any atom is -0.467 e. The van der Waals surface area contributed by atoms with Crippen molar-refractivity contribution in [2.75, 3.05) is 28.2 Å². The van der Waals surface area contributed by atoms with Crippen LogP contribution in [0.15, 0.2) is 36.4 Å². The number of fused-ring (bicyclic) bond motifs is 2. The first-order valence-electron chi connectivity index (χ1n) is 11.4. The van der Waals surface area contributed by atoms with Crippen LogP contribution >= 0.6 is 24.4 Å². The fourth-order valence-corrected chi connectivity index (χ4v) is 5.10. The minimum atomic E-state index is -0.0523. The van der Waals surface area contributed by atoms with Crippen LogP contribution in [-0.2, 0) is 24.0 Å². The molecule has 0 saturated heterocycles. The minimum absolute atomic E-state index is 0.0471. The number of rotatable bonds is 3. The van der Waals surface area contributed by atoms with Crippen molar-refractivity contribution in [3.63, 3.8) is 0 Å². The van der Waals surface area contributed by atoms with Crippen LogP contribution in [0.2, 0.25) is 0 Å². The highest BCUT2D eigenvalue weighted by Gasteiger charge is 2.37. The molecule has 0 heterocycles. The topological polar surface area (TPSA) is 24.9 Å². The Morgan fingerprint density at radius 3 is 2.31 bits per heavy atom. The van der Waals surface area contributed by atoms with Crippen LogP contribution in [0.3, 0.4) is 0 Å². The SMILES string of the molecule is CN(C)C(=S)Oc1ccc2c(c1[C@H]1c3ccccc3CC[C@H]1OC(=S)N(C)C)CCCC2. The summed E-state index contributed by atoms with van der Waals surface area (Å²) in [7, 11) is 7.70. The quantitative estimate of drug-likeness (QED) is 0.581. The molecule has 2 aliphatic rings. The van der Waals surface area contributed by atoms with Gasteiger partial charge in [-0.3, -0.25) is 0 Å². The summed E-state index contributed by atoms with van der Waals surface area (Å²) in [5.41, 5.74) is 6.74. The van der Waals surface area contributed by atoms with E-state index in [0.717, 1.165) is 31.4 Å². The molecule has 6 heteroatoms. The van der Waals surface area contributed by atoms with Crippen molar-refractivity contribution >= 4 is 34.8 Å². The maximum atomic E-state index is 6.43. The standard InChI is InChI=1S/C26H32N2O2S2/c1-27(2)25(31)29-21-15-13-17-9-5-7-11-19(17)23(21)24-20-12-8-6-10-18(20)14-16-22(24)30-26(32)28(3)4/h5,7,9,11,14,16,21,23H,6,8,10,12-13,15H2,1-4H3/t21-,23+/m1/s1. The van der Waals surface area contributed by atoms with Crippen molar-refractivity contribution in [3.8, 4) is 5.75 Å². The molecule has 4 rings (SSSR count). The van der Waals surface area contributed by atoms with Crippen molar-refractivity contribution in [2.24, 2.45) is 0 Å². The molecule has 0 aliphatic heterocycles. The zero-order valence-corrected chi connectivity index (χ0v) is 21.0. The summed E-state index contributed by atoms with van der Waals surface area (Å²) in [6.45, 7) is 0. The van der Waals surface area contributed by atoms with Gasteiger partial charge in [-0.1, -0.05) is 30.3 Å². The molecular weight excluding hydrogens is 436 g/mol. The van der Waals surface area contributed by atoms with Crippen LogP contribution in [-0.4, -0.2) is 54.4 Å². The van der Waals surface area contributed by atoms with E-state index in [2.05, 4.69) is 36.4 Å². The monoisotopic (exact) mass is 468 g/mol. The van der Waals surface area contributed by atoms with E-state index >= 15 is 0 Å². The number of nitrogens with zero attached hydrogens (tertiary/aromatic N) is 2. The predicted octanol–water partition coefficient (Wildman–Crippen LogP) is 5.10. The first-order chi connectivity index (χ1) is 15.4. The second-order valence-electron chi connectivity index (χ2n) is 9.12. The van der Waals surface area contributed by atoms with Crippen LogP contribution in [0.1, 0.15) is 53.0 Å². The van der Waals surface area contributed by atoms with Crippen molar-refractivity contribution in [3.05, 3.63) is 64.2 Å². The third kappa shape index (κ3) is 4.62. The van der Waals surface area contributed by atoms with Gasteiger partial charge in [0.2, 0.25) is 0 Å². The van der Waals surface area contributed by atoms with Gasteiger partial charge in [-0.15, -0.1) is 0 Å². The summed E-state index contributed by atoms with van der Waals surface area (Å²) in [4.78, 5) is 3.70. The van der Waals surface area contributed by atoms with Crippen molar-refractivity contribution in [1.29, 1.82) is 0 Å². The fourth-order valence-electron chi connectivity index (χ4n) is 4.88. The maximum Gasteiger partial charge on any atom is 0.264 e. The molecule has 0 N–H and O–H groups in total. The van der Waals surface area contributed by atoms with Crippen molar-refractivity contribution in [2.45, 2.75) is 50.5 Å². The molecule has 0 fully saturated rings. The summed E-state index contributed by atoms with van der Waals surface area (Å²) >= 11 is 11.1. The fraction of sp³-hybridized carbons (Fsp3) is 0.462. The Kier molecular flexibility index (Phi) is 7.01. The van der Waals surface area contributed by atoms with E-state index in [1.807, 2.05) is 38.0 Å². The lowest BCUT2D eigenvalue weighted by atomic mass is 9.73. The molecule has 0 aromatic heterocycles. The Balaban J connectivity index is 1.88. The summed E-state index contributed by atoms with van der Waals surface area (Å²) in [6, 6.07) is 13.1. The summed E-state index contributed by atoms with van der Waals surface area (Å²) in [5.74, 6) is 0.890. The van der Waals surface area contributed by atoms with Gasteiger partial charge in [0.15, 0.2) is 0 Å². The van der Waals surface area contributed by atoms with Crippen LogP contribution in [0, 0.1) is 0 Å². The third-order valence-corrected chi connectivity index (χ3v) is 7.40. The van der Waals surface area contributed by atoms with Gasteiger partial charge in [0.25, 0.3) is 10.3 Å². The number of ether oxygens (including phenoxy) is 2. The molecule has 32 heavy (non-hydrogen) atoms. The zero-order chi connectivity index (χ0) is 22.8. The van der Waals surface area contributed by atoms with E-state index in [-0.39, 0.29) is 12.0 Å². The smallest absolute Gasteiger partial charge is 0.264 e. The van der Waals surface area contributed by atoms with Gasteiger partial charge in [-0.05, 0) is 91.3 Å². The average molecular weight is 469 g/mol. The molecule has 170 valence electrons. The summed E-state index contributed by atoms with van der Waals surface area (Å²) in [5, 5.41) is 0.989. The summed E-state index contributed by atoms with van der Waals surface area (Å²) in [6.07, 6.45) is 6.43. The number of aryl methyl sites for hydroxylation is 2. The molecule has 0 radical (unpaired) electrons. The Labute approximate surface area is 202 Å². The molecule has 4 nitrogen and oxygen atoms in total. The van der Waals surface area contributed by atoms with E-state index < -0.39 is 0 Å². The summed E-state index contributed by atoms with van der Waals surface area (Å²) < 4.78 is 12.7. The zero-order valence-electron chi connectivity index (χ0n) is 19.4. The van der Waals surface area contributed by atoms with Gasteiger partial charge in [0.05, 0.1) is 5.92 Å². The predicted molar refractivity (Wildman–Crippen MR) is 138 cm³/mol. The maximum absolute atomic E-state index is 6.43. The Hall–Kier alpha value is -2.18. The highest BCUT2D eigenvalue weighted by atomic mass is 32.1. The van der Waals surface area contributed by atoms with Gasteiger partial charge < -0.3 is 19.3 Å². The molecule has 0 unspecified atom stereocenters. The lowest BCUT2D eigenvalue weighted by Crippen LogP contribution is -2.36. The first kappa shape index (κ1) is 23.0. The van der Waals surface area contributed by atoms with Gasteiger partial charge >= 0.3 is 0 Å². The molecule has 0 saturated carbocycles. The Morgan fingerprint density at radius 1 is 0.844 bits per heavy atom. The third-order valence-electron chi connectivity index (χ3n) is 6.49. The van der Waals surface area contributed by atoms with E-state index in [1.165, 1.54) is 40.7 Å². The number of benzene rings is 2. The average Bonchev–Trinajstić information content (AvgIpc) is 2.79. The van der Waals surface area contributed by atoms with Crippen molar-refractivity contribution < 1.29 is 9.47 Å². The normalized spacial score (nSPS) is 19.4. The molecule has 0 spiro atoms. The van der Waals surface area contributed by atoms with E-state index in [1.54, 1.807) is 0 Å². The largest absolute Gasteiger partial charge is 0.467 e. The van der Waals surface area contributed by atoms with Crippen molar-refractivity contribution in [1.82, 2.24) is 9.80 Å². The molecule has 0 amide bonds. The van der Waals surface area contributed by atoms with E-state index in [9.17, 15) is 0 Å². The van der Waals surface area contributed by atoms with Crippen LogP contribution in [0.5, 0.6) is 5.75 Å². The van der Waals surface area contributed by atoms with Gasteiger partial charge in [0, 0.05) is 33.8 Å². The Morgan fingerprint density at radius 2 is 1.56 bits per heavy atom. The van der Waals surface area contributed by atoms with Gasteiger partial charge in [0.1, 0.15) is 11.9 Å². The molecule has 2 aliphatic carbocycles. The van der Waals surface area contributed by atoms with Crippen LogP contribution in [0.4, 0.5) is 0 Å².